The first-order valence-corrected chi connectivity index (χ1v) is 7.64. The number of benzene rings is 1. The molecule has 0 aliphatic heterocycles. The van der Waals surface area contributed by atoms with Crippen molar-refractivity contribution >= 4 is 26.8 Å². The molecule has 0 spiro atoms. The number of nitrogens with zero attached hydrogens (tertiary/aromatic N) is 2. The zero-order chi connectivity index (χ0) is 15.0. The molecule has 2 heterocycles. The van der Waals surface area contributed by atoms with Gasteiger partial charge in [0.25, 0.3) is 0 Å². The van der Waals surface area contributed by atoms with Crippen LogP contribution in [0.3, 0.4) is 0 Å². The van der Waals surface area contributed by atoms with E-state index in [9.17, 15) is 8.42 Å². The van der Waals surface area contributed by atoms with Crippen LogP contribution >= 0.6 is 0 Å². The molecular weight excluding hydrogens is 290 g/mol. The molecule has 4 N–H and O–H groups in total. The van der Waals surface area contributed by atoms with Crippen LogP contribution in [-0.2, 0) is 9.84 Å². The highest BCUT2D eigenvalue weighted by atomic mass is 32.2. The maximum Gasteiger partial charge on any atom is 0.227 e. The van der Waals surface area contributed by atoms with Crippen molar-refractivity contribution in [1.29, 1.82) is 0 Å². The summed E-state index contributed by atoms with van der Waals surface area (Å²) < 4.78 is 25.4. The van der Waals surface area contributed by atoms with Gasteiger partial charge in [0.1, 0.15) is 5.52 Å². The lowest BCUT2D eigenvalue weighted by Crippen LogP contribution is -2.16. The molecule has 1 aromatic carbocycles. The highest BCUT2D eigenvalue weighted by molar-refractivity contribution is 7.91. The highest BCUT2D eigenvalue weighted by Gasteiger charge is 2.25. The number of fused-ring (bicyclic) bond motifs is 1. The van der Waals surface area contributed by atoms with E-state index in [-0.39, 0.29) is 15.7 Å². The third-order valence-electron chi connectivity index (χ3n) is 3.04. The number of aryl methyl sites for hydroxylation is 1. The summed E-state index contributed by atoms with van der Waals surface area (Å²) in [6.45, 7) is 1.82. The summed E-state index contributed by atoms with van der Waals surface area (Å²) in [6, 6.07) is 8.28. The van der Waals surface area contributed by atoms with Crippen LogP contribution in [0, 0.1) is 6.92 Å². The van der Waals surface area contributed by atoms with Crippen LogP contribution < -0.4 is 11.3 Å². The third-order valence-corrected chi connectivity index (χ3v) is 4.71. The normalized spacial score (nSPS) is 11.7. The first-order valence-electron chi connectivity index (χ1n) is 6.16. The molecule has 3 rings (SSSR count). The average Bonchev–Trinajstić information content (AvgIpc) is 2.93. The Labute approximate surface area is 121 Å². The number of nitrogens with two attached hydrogens (primary N) is 1. The Hall–Kier alpha value is -2.45. The minimum absolute atomic E-state index is 0.0172. The molecule has 21 heavy (non-hydrogen) atoms. The predicted molar refractivity (Wildman–Crippen MR) is 78.3 cm³/mol. The minimum Gasteiger partial charge on any atom is -0.345 e. The lowest BCUT2D eigenvalue weighted by molar-refractivity contribution is 0.592. The number of hydrogen-bond acceptors (Lipinski definition) is 6. The van der Waals surface area contributed by atoms with E-state index in [1.165, 1.54) is 6.07 Å². The number of nitrogen functional groups attached to an aromatic ring is 1. The summed E-state index contributed by atoms with van der Waals surface area (Å²) >= 11 is 0. The van der Waals surface area contributed by atoms with E-state index in [1.807, 2.05) is 13.0 Å². The molecule has 0 unspecified atom stereocenters. The lowest BCUT2D eigenvalue weighted by Gasteiger charge is -2.09. The fraction of sp³-hybridized carbons (Fsp3) is 0.0769. The Balaban J connectivity index is 2.27. The van der Waals surface area contributed by atoms with Crippen molar-refractivity contribution in [2.75, 3.05) is 5.43 Å². The number of anilines is 1. The molecule has 0 saturated carbocycles. The molecule has 0 fully saturated rings. The Kier molecular flexibility index (Phi) is 3.11. The topological polar surface area (TPSA) is 114 Å². The second-order valence-corrected chi connectivity index (χ2v) is 6.42. The molecule has 0 radical (unpaired) electrons. The molecule has 0 amide bonds. The molecule has 0 aliphatic rings. The van der Waals surface area contributed by atoms with Crippen LogP contribution in [-0.4, -0.2) is 23.4 Å². The number of nitrogens with one attached hydrogen (secondary N) is 2. The quantitative estimate of drug-likeness (QED) is 0.497. The van der Waals surface area contributed by atoms with E-state index in [1.54, 1.807) is 24.4 Å². The van der Waals surface area contributed by atoms with Crippen LogP contribution in [0.5, 0.6) is 0 Å². The van der Waals surface area contributed by atoms with Gasteiger partial charge in [0.15, 0.2) is 11.5 Å². The number of hydrogen-bond donors (Lipinski definition) is 3. The number of hydrazine groups is 1. The largest absolute Gasteiger partial charge is 0.345 e. The summed E-state index contributed by atoms with van der Waals surface area (Å²) in [4.78, 5) is 11.3. The van der Waals surface area contributed by atoms with Crippen LogP contribution in [0.15, 0.2) is 46.5 Å². The number of aromatic nitrogens is 3. The van der Waals surface area contributed by atoms with Gasteiger partial charge in [0.05, 0.1) is 4.90 Å². The van der Waals surface area contributed by atoms with Gasteiger partial charge in [-0.05, 0) is 30.7 Å². The molecule has 8 heteroatoms. The monoisotopic (exact) mass is 303 g/mol. The van der Waals surface area contributed by atoms with E-state index in [2.05, 4.69) is 20.4 Å². The first-order chi connectivity index (χ1) is 10.0. The molecular formula is C13H13N5O2S. The van der Waals surface area contributed by atoms with Crippen molar-refractivity contribution in [3.05, 3.63) is 42.1 Å². The van der Waals surface area contributed by atoms with E-state index >= 15 is 0 Å². The average molecular weight is 303 g/mol. The summed E-state index contributed by atoms with van der Waals surface area (Å²) in [7, 11) is -3.81. The van der Waals surface area contributed by atoms with Crippen molar-refractivity contribution in [2.24, 2.45) is 5.84 Å². The fourth-order valence-corrected chi connectivity index (χ4v) is 3.42. The molecule has 2 aromatic heterocycles. The van der Waals surface area contributed by atoms with Crippen molar-refractivity contribution in [3.8, 4) is 0 Å². The lowest BCUT2D eigenvalue weighted by atomic mass is 10.2. The minimum atomic E-state index is -3.81. The van der Waals surface area contributed by atoms with E-state index in [0.717, 1.165) is 5.56 Å². The Morgan fingerprint density at radius 3 is 2.76 bits per heavy atom. The maximum atomic E-state index is 12.7. The van der Waals surface area contributed by atoms with Crippen LogP contribution in [0.2, 0.25) is 0 Å². The van der Waals surface area contributed by atoms with Gasteiger partial charge in [0, 0.05) is 6.20 Å². The Morgan fingerprint density at radius 2 is 2.05 bits per heavy atom. The van der Waals surface area contributed by atoms with Gasteiger partial charge in [-0.3, -0.25) is 0 Å². The summed E-state index contributed by atoms with van der Waals surface area (Å²) in [5, 5.41) is -0.203. The van der Waals surface area contributed by atoms with Crippen molar-refractivity contribution in [3.63, 3.8) is 0 Å². The van der Waals surface area contributed by atoms with E-state index < -0.39 is 9.84 Å². The fourth-order valence-electron chi connectivity index (χ4n) is 2.03. The summed E-state index contributed by atoms with van der Waals surface area (Å²) in [6.07, 6.45) is 1.63. The van der Waals surface area contributed by atoms with Gasteiger partial charge >= 0.3 is 0 Å². The first kappa shape index (κ1) is 13.5. The number of aromatic amines is 1. The standard InChI is InChI=1S/C13H13N5O2S/c1-8-3-2-4-9(7-8)21(19,20)13-12(18-14)16-10-5-6-15-11(10)17-13/h2-7H,14H2,1H3,(H,15,17)(H,16,18). The highest BCUT2D eigenvalue weighted by Crippen LogP contribution is 2.26. The van der Waals surface area contributed by atoms with Crippen LogP contribution in [0.4, 0.5) is 5.82 Å². The predicted octanol–water partition coefficient (Wildman–Crippen LogP) is 1.38. The van der Waals surface area contributed by atoms with Crippen molar-refractivity contribution in [1.82, 2.24) is 15.0 Å². The molecule has 0 aliphatic carbocycles. The van der Waals surface area contributed by atoms with Crippen LogP contribution in [0.1, 0.15) is 5.56 Å². The van der Waals surface area contributed by atoms with Gasteiger partial charge in [-0.15, -0.1) is 0 Å². The second-order valence-electron chi connectivity index (χ2n) is 4.55. The third kappa shape index (κ3) is 2.24. The molecule has 3 aromatic rings. The Morgan fingerprint density at radius 1 is 1.24 bits per heavy atom. The summed E-state index contributed by atoms with van der Waals surface area (Å²) in [5.41, 5.74) is 4.06. The maximum absolute atomic E-state index is 12.7. The molecule has 0 saturated heterocycles. The molecule has 0 bridgehead atoms. The number of sulfone groups is 1. The van der Waals surface area contributed by atoms with Gasteiger partial charge in [-0.2, -0.15) is 0 Å². The van der Waals surface area contributed by atoms with Crippen molar-refractivity contribution < 1.29 is 8.42 Å². The second kappa shape index (κ2) is 4.83. The summed E-state index contributed by atoms with van der Waals surface area (Å²) in [5.74, 6) is 5.41. The van der Waals surface area contributed by atoms with Crippen LogP contribution in [0.25, 0.3) is 11.2 Å². The van der Waals surface area contributed by atoms with Gasteiger partial charge in [-0.1, -0.05) is 12.1 Å². The molecule has 0 atom stereocenters. The zero-order valence-electron chi connectivity index (χ0n) is 11.2. The smallest absolute Gasteiger partial charge is 0.227 e. The van der Waals surface area contributed by atoms with E-state index in [4.69, 9.17) is 5.84 Å². The van der Waals surface area contributed by atoms with E-state index in [0.29, 0.717) is 11.2 Å². The van der Waals surface area contributed by atoms with Crippen molar-refractivity contribution in [2.45, 2.75) is 16.8 Å². The van der Waals surface area contributed by atoms with Gasteiger partial charge in [0.2, 0.25) is 14.9 Å². The number of H-pyrrole nitrogens is 1. The van der Waals surface area contributed by atoms with Gasteiger partial charge in [-0.25, -0.2) is 24.2 Å². The zero-order valence-corrected chi connectivity index (χ0v) is 12.0. The SMILES string of the molecule is Cc1cccc(S(=O)(=O)c2nc3[nH]ccc3nc2NN)c1. The molecule has 7 nitrogen and oxygen atoms in total. The molecule has 108 valence electrons. The van der Waals surface area contributed by atoms with Gasteiger partial charge < -0.3 is 10.4 Å². The Bertz CT molecular complexity index is 917. The number of rotatable bonds is 3.